The minimum absolute atomic E-state index is 0.0796. The first-order valence-corrected chi connectivity index (χ1v) is 6.22. The van der Waals surface area contributed by atoms with E-state index in [1.165, 1.54) is 4.90 Å². The van der Waals surface area contributed by atoms with E-state index >= 15 is 0 Å². The fourth-order valence-corrected chi connectivity index (χ4v) is 2.13. The maximum atomic E-state index is 12.3. The van der Waals surface area contributed by atoms with Crippen LogP contribution in [0.1, 0.15) is 12.5 Å². The van der Waals surface area contributed by atoms with Crippen molar-refractivity contribution in [2.75, 3.05) is 18.5 Å². The minimum Gasteiger partial charge on any atom is -0.369 e. The van der Waals surface area contributed by atoms with Gasteiger partial charge in [-0.15, -0.1) is 0 Å². The highest BCUT2D eigenvalue weighted by Crippen LogP contribution is 2.24. The largest absolute Gasteiger partial charge is 0.369 e. The van der Waals surface area contributed by atoms with Crippen molar-refractivity contribution in [3.05, 3.63) is 28.2 Å². The van der Waals surface area contributed by atoms with Gasteiger partial charge in [-0.3, -0.25) is 0 Å². The standard InChI is InChI=1S/C12H17BrF2N2/c1-8(16)5-9-3-4-10(6-11(9)13)17(2)7-12(14)15/h3-4,6,8,12H,5,7,16H2,1-2H3. The Bertz CT molecular complexity index is 370. The van der Waals surface area contributed by atoms with Crippen LogP contribution in [0.4, 0.5) is 14.5 Å². The fourth-order valence-electron chi connectivity index (χ4n) is 1.60. The van der Waals surface area contributed by atoms with Gasteiger partial charge in [-0.25, -0.2) is 8.78 Å². The molecule has 0 bridgehead atoms. The summed E-state index contributed by atoms with van der Waals surface area (Å²) in [5.41, 5.74) is 7.59. The molecule has 0 aliphatic heterocycles. The average molecular weight is 307 g/mol. The summed E-state index contributed by atoms with van der Waals surface area (Å²) in [6.07, 6.45) is -1.57. The molecule has 0 spiro atoms. The zero-order valence-electron chi connectivity index (χ0n) is 9.96. The molecular weight excluding hydrogens is 290 g/mol. The molecule has 0 radical (unpaired) electrons. The van der Waals surface area contributed by atoms with Crippen LogP contribution in [0.3, 0.4) is 0 Å². The summed E-state index contributed by atoms with van der Waals surface area (Å²) in [5.74, 6) is 0. The van der Waals surface area contributed by atoms with Crippen LogP contribution in [0.25, 0.3) is 0 Å². The van der Waals surface area contributed by atoms with Crippen LogP contribution < -0.4 is 10.6 Å². The molecule has 17 heavy (non-hydrogen) atoms. The molecule has 0 heterocycles. The van der Waals surface area contributed by atoms with Gasteiger partial charge in [-0.2, -0.15) is 0 Å². The molecule has 5 heteroatoms. The van der Waals surface area contributed by atoms with E-state index in [-0.39, 0.29) is 12.6 Å². The van der Waals surface area contributed by atoms with Crippen LogP contribution in [-0.4, -0.2) is 26.1 Å². The van der Waals surface area contributed by atoms with Crippen molar-refractivity contribution in [1.82, 2.24) is 0 Å². The van der Waals surface area contributed by atoms with Gasteiger partial charge in [0.25, 0.3) is 6.43 Å². The third kappa shape index (κ3) is 4.60. The van der Waals surface area contributed by atoms with Crippen LogP contribution in [0, 0.1) is 0 Å². The summed E-state index contributed by atoms with van der Waals surface area (Å²) in [4.78, 5) is 1.53. The lowest BCUT2D eigenvalue weighted by Gasteiger charge is -2.20. The van der Waals surface area contributed by atoms with Gasteiger partial charge in [0.15, 0.2) is 0 Å². The molecule has 1 aromatic carbocycles. The average Bonchev–Trinajstić information content (AvgIpc) is 2.19. The lowest BCUT2D eigenvalue weighted by molar-refractivity contribution is 0.156. The summed E-state index contributed by atoms with van der Waals surface area (Å²) in [5, 5.41) is 0. The first-order valence-electron chi connectivity index (χ1n) is 5.43. The van der Waals surface area contributed by atoms with E-state index in [2.05, 4.69) is 15.9 Å². The first kappa shape index (κ1) is 14.4. The van der Waals surface area contributed by atoms with E-state index in [0.29, 0.717) is 0 Å². The summed E-state index contributed by atoms with van der Waals surface area (Å²) in [7, 11) is 1.65. The van der Waals surface area contributed by atoms with Crippen molar-refractivity contribution in [2.45, 2.75) is 25.8 Å². The molecule has 0 aliphatic rings. The Balaban J connectivity index is 2.81. The van der Waals surface area contributed by atoms with Gasteiger partial charge in [-0.05, 0) is 31.0 Å². The lowest BCUT2D eigenvalue weighted by atomic mass is 10.1. The molecule has 1 rings (SSSR count). The molecule has 96 valence electrons. The van der Waals surface area contributed by atoms with Gasteiger partial charge >= 0.3 is 0 Å². The first-order chi connectivity index (χ1) is 7.90. The second-order valence-electron chi connectivity index (χ2n) is 4.23. The number of alkyl halides is 2. The topological polar surface area (TPSA) is 29.3 Å². The van der Waals surface area contributed by atoms with Gasteiger partial charge in [0.1, 0.15) is 0 Å². The van der Waals surface area contributed by atoms with Crippen LogP contribution in [0.5, 0.6) is 0 Å². The van der Waals surface area contributed by atoms with Crippen molar-refractivity contribution in [1.29, 1.82) is 0 Å². The number of hydrogen-bond donors (Lipinski definition) is 1. The molecule has 0 fully saturated rings. The van der Waals surface area contributed by atoms with Crippen LogP contribution in [0.2, 0.25) is 0 Å². The second-order valence-corrected chi connectivity index (χ2v) is 5.08. The Hall–Kier alpha value is -0.680. The van der Waals surface area contributed by atoms with E-state index in [1.807, 2.05) is 25.1 Å². The Labute approximate surface area is 109 Å². The molecule has 1 unspecified atom stereocenters. The zero-order valence-corrected chi connectivity index (χ0v) is 11.5. The summed E-state index contributed by atoms with van der Waals surface area (Å²) >= 11 is 3.44. The number of halogens is 3. The molecule has 0 amide bonds. The fraction of sp³-hybridized carbons (Fsp3) is 0.500. The van der Waals surface area contributed by atoms with E-state index in [4.69, 9.17) is 5.73 Å². The summed E-state index contributed by atoms with van der Waals surface area (Å²) in [6, 6.07) is 5.69. The molecular formula is C12H17BrF2N2. The Morgan fingerprint density at radius 2 is 2.06 bits per heavy atom. The van der Waals surface area contributed by atoms with Gasteiger partial charge in [0, 0.05) is 23.2 Å². The Morgan fingerprint density at radius 3 is 2.53 bits per heavy atom. The van der Waals surface area contributed by atoms with Gasteiger partial charge in [0.05, 0.1) is 6.54 Å². The summed E-state index contributed by atoms with van der Waals surface area (Å²) in [6.45, 7) is 1.67. The van der Waals surface area contributed by atoms with E-state index in [9.17, 15) is 8.78 Å². The normalized spacial score (nSPS) is 12.9. The number of nitrogens with zero attached hydrogens (tertiary/aromatic N) is 1. The predicted octanol–water partition coefficient (Wildman–Crippen LogP) is 3.04. The van der Waals surface area contributed by atoms with Gasteiger partial charge in [0.2, 0.25) is 0 Å². The van der Waals surface area contributed by atoms with Crippen molar-refractivity contribution >= 4 is 21.6 Å². The van der Waals surface area contributed by atoms with E-state index in [1.54, 1.807) is 7.05 Å². The highest BCUT2D eigenvalue weighted by Gasteiger charge is 2.10. The van der Waals surface area contributed by atoms with Crippen LogP contribution in [0.15, 0.2) is 22.7 Å². The molecule has 1 aromatic rings. The molecule has 0 aromatic heterocycles. The number of hydrogen-bond acceptors (Lipinski definition) is 2. The van der Waals surface area contributed by atoms with E-state index in [0.717, 1.165) is 22.1 Å². The van der Waals surface area contributed by atoms with Crippen molar-refractivity contribution < 1.29 is 8.78 Å². The quantitative estimate of drug-likeness (QED) is 0.906. The van der Waals surface area contributed by atoms with Gasteiger partial charge in [-0.1, -0.05) is 22.0 Å². The lowest BCUT2D eigenvalue weighted by Crippen LogP contribution is -2.24. The number of benzene rings is 1. The zero-order chi connectivity index (χ0) is 13.0. The third-order valence-corrected chi connectivity index (χ3v) is 3.17. The molecule has 0 aliphatic carbocycles. The molecule has 0 saturated carbocycles. The van der Waals surface area contributed by atoms with Crippen molar-refractivity contribution in [3.63, 3.8) is 0 Å². The molecule has 1 atom stereocenters. The number of anilines is 1. The smallest absolute Gasteiger partial charge is 0.255 e. The maximum Gasteiger partial charge on any atom is 0.255 e. The third-order valence-electron chi connectivity index (χ3n) is 2.43. The predicted molar refractivity (Wildman–Crippen MR) is 70.8 cm³/mol. The number of rotatable bonds is 5. The SMILES string of the molecule is CC(N)Cc1ccc(N(C)CC(F)F)cc1Br. The summed E-state index contributed by atoms with van der Waals surface area (Å²) < 4.78 is 25.4. The van der Waals surface area contributed by atoms with Crippen LogP contribution in [-0.2, 0) is 6.42 Å². The minimum atomic E-state index is -2.33. The number of nitrogens with two attached hydrogens (primary N) is 1. The van der Waals surface area contributed by atoms with E-state index < -0.39 is 6.43 Å². The molecule has 0 saturated heterocycles. The van der Waals surface area contributed by atoms with Crippen molar-refractivity contribution in [3.8, 4) is 0 Å². The molecule has 2 N–H and O–H groups in total. The van der Waals surface area contributed by atoms with Crippen molar-refractivity contribution in [2.24, 2.45) is 5.73 Å². The maximum absolute atomic E-state index is 12.3. The Morgan fingerprint density at radius 1 is 1.41 bits per heavy atom. The van der Waals surface area contributed by atoms with Crippen LogP contribution >= 0.6 is 15.9 Å². The molecule has 2 nitrogen and oxygen atoms in total. The highest BCUT2D eigenvalue weighted by molar-refractivity contribution is 9.10. The monoisotopic (exact) mass is 306 g/mol. The highest BCUT2D eigenvalue weighted by atomic mass is 79.9. The second kappa shape index (κ2) is 6.31. The Kier molecular flexibility index (Phi) is 5.33. The van der Waals surface area contributed by atoms with Gasteiger partial charge < -0.3 is 10.6 Å².